The summed E-state index contributed by atoms with van der Waals surface area (Å²) in [5.74, 6) is 0.291. The number of rotatable bonds is 5. The molecule has 0 aliphatic heterocycles. The Hall–Kier alpha value is -1.82. The minimum absolute atomic E-state index is 0.0346. The highest BCUT2D eigenvalue weighted by Crippen LogP contribution is 2.18. The van der Waals surface area contributed by atoms with E-state index in [2.05, 4.69) is 21.6 Å². The largest absolute Gasteiger partial charge is 0.325 e. The van der Waals surface area contributed by atoms with Crippen molar-refractivity contribution in [2.45, 2.75) is 32.5 Å². The van der Waals surface area contributed by atoms with Gasteiger partial charge in [-0.1, -0.05) is 29.5 Å². The van der Waals surface area contributed by atoms with Crippen molar-refractivity contribution in [1.82, 2.24) is 14.8 Å². The third-order valence-electron chi connectivity index (χ3n) is 2.91. The topological polar surface area (TPSA) is 59.8 Å². The number of carbonyl (C=O) groups is 1. The van der Waals surface area contributed by atoms with Gasteiger partial charge in [-0.15, -0.1) is 10.2 Å². The lowest BCUT2D eigenvalue weighted by Crippen LogP contribution is -2.15. The maximum absolute atomic E-state index is 12.0. The molecule has 1 aromatic carbocycles. The smallest absolute Gasteiger partial charge is 0.234 e. The van der Waals surface area contributed by atoms with Gasteiger partial charge in [0.2, 0.25) is 5.91 Å². The molecule has 1 heterocycles. The van der Waals surface area contributed by atoms with Crippen molar-refractivity contribution < 1.29 is 4.79 Å². The van der Waals surface area contributed by atoms with Gasteiger partial charge in [0.1, 0.15) is 6.33 Å². The third kappa shape index (κ3) is 3.60. The summed E-state index contributed by atoms with van der Waals surface area (Å²) >= 11 is 1.39. The van der Waals surface area contributed by atoms with E-state index in [1.54, 1.807) is 6.33 Å². The van der Waals surface area contributed by atoms with Crippen LogP contribution < -0.4 is 5.32 Å². The number of hydrogen-bond donors (Lipinski definition) is 1. The fourth-order valence-electron chi connectivity index (χ4n) is 1.84. The number of thioether (sulfide) groups is 1. The van der Waals surface area contributed by atoms with Gasteiger partial charge < -0.3 is 9.88 Å². The molecule has 0 radical (unpaired) electrons. The van der Waals surface area contributed by atoms with Crippen molar-refractivity contribution in [3.05, 3.63) is 35.7 Å². The Morgan fingerprint density at radius 2 is 2.20 bits per heavy atom. The van der Waals surface area contributed by atoms with Gasteiger partial charge in [0.25, 0.3) is 0 Å². The molecule has 2 rings (SSSR count). The van der Waals surface area contributed by atoms with Gasteiger partial charge in [0.15, 0.2) is 5.16 Å². The van der Waals surface area contributed by atoms with E-state index in [4.69, 9.17) is 0 Å². The Labute approximate surface area is 122 Å². The highest BCUT2D eigenvalue weighted by Gasteiger charge is 2.09. The Kier molecular flexibility index (Phi) is 4.79. The normalized spacial score (nSPS) is 10.6. The molecule has 0 aliphatic carbocycles. The van der Waals surface area contributed by atoms with Crippen LogP contribution in [0, 0.1) is 13.8 Å². The highest BCUT2D eigenvalue weighted by atomic mass is 32.2. The van der Waals surface area contributed by atoms with Gasteiger partial charge in [-0.05, 0) is 32.4 Å². The van der Waals surface area contributed by atoms with E-state index >= 15 is 0 Å². The molecule has 0 spiro atoms. The number of aromatic nitrogens is 3. The van der Waals surface area contributed by atoms with Gasteiger partial charge in [-0.2, -0.15) is 0 Å². The summed E-state index contributed by atoms with van der Waals surface area (Å²) in [6, 6.07) is 5.97. The highest BCUT2D eigenvalue weighted by molar-refractivity contribution is 7.99. The monoisotopic (exact) mass is 290 g/mol. The predicted octanol–water partition coefficient (Wildman–Crippen LogP) is 2.65. The van der Waals surface area contributed by atoms with Crippen molar-refractivity contribution >= 4 is 23.4 Å². The minimum atomic E-state index is -0.0346. The molecule has 0 bridgehead atoms. The average Bonchev–Trinajstić information content (AvgIpc) is 2.87. The maximum atomic E-state index is 12.0. The van der Waals surface area contributed by atoms with E-state index in [0.717, 1.165) is 23.0 Å². The van der Waals surface area contributed by atoms with E-state index in [9.17, 15) is 4.79 Å². The maximum Gasteiger partial charge on any atom is 0.234 e. The van der Waals surface area contributed by atoms with E-state index in [1.165, 1.54) is 17.3 Å². The molecule has 0 fully saturated rings. The molecular formula is C14H18N4OS. The molecule has 20 heavy (non-hydrogen) atoms. The molecule has 6 heteroatoms. The number of carbonyl (C=O) groups excluding carboxylic acids is 1. The summed E-state index contributed by atoms with van der Waals surface area (Å²) in [4.78, 5) is 12.0. The summed E-state index contributed by atoms with van der Waals surface area (Å²) in [5.41, 5.74) is 3.11. The van der Waals surface area contributed by atoms with Crippen molar-refractivity contribution in [2.75, 3.05) is 11.1 Å². The first-order valence-electron chi connectivity index (χ1n) is 6.48. The van der Waals surface area contributed by atoms with E-state index in [1.807, 2.05) is 37.5 Å². The third-order valence-corrected chi connectivity index (χ3v) is 3.89. The minimum Gasteiger partial charge on any atom is -0.325 e. The predicted molar refractivity (Wildman–Crippen MR) is 81.0 cm³/mol. The molecule has 1 N–H and O–H groups in total. The molecule has 0 unspecified atom stereocenters. The van der Waals surface area contributed by atoms with Crippen molar-refractivity contribution in [3.8, 4) is 0 Å². The summed E-state index contributed by atoms with van der Waals surface area (Å²) in [5, 5.41) is 11.5. The number of hydrogen-bond acceptors (Lipinski definition) is 4. The van der Waals surface area contributed by atoms with E-state index in [0.29, 0.717) is 5.75 Å². The van der Waals surface area contributed by atoms with Gasteiger partial charge >= 0.3 is 0 Å². The van der Waals surface area contributed by atoms with Gasteiger partial charge in [0, 0.05) is 12.2 Å². The first-order valence-corrected chi connectivity index (χ1v) is 7.46. The van der Waals surface area contributed by atoms with Gasteiger partial charge in [-0.25, -0.2) is 0 Å². The average molecular weight is 290 g/mol. The Morgan fingerprint density at radius 3 is 2.90 bits per heavy atom. The summed E-state index contributed by atoms with van der Waals surface area (Å²) in [6.07, 6.45) is 1.67. The van der Waals surface area contributed by atoms with Gasteiger partial charge in [-0.3, -0.25) is 4.79 Å². The Bertz CT molecular complexity index is 609. The lowest BCUT2D eigenvalue weighted by Gasteiger charge is -2.09. The van der Waals surface area contributed by atoms with Crippen molar-refractivity contribution in [2.24, 2.45) is 0 Å². The number of nitrogens with one attached hydrogen (secondary N) is 1. The van der Waals surface area contributed by atoms with E-state index in [-0.39, 0.29) is 5.91 Å². The van der Waals surface area contributed by atoms with Crippen molar-refractivity contribution in [1.29, 1.82) is 0 Å². The number of nitrogens with zero attached hydrogens (tertiary/aromatic N) is 3. The molecule has 2 aromatic rings. The Morgan fingerprint density at radius 1 is 1.40 bits per heavy atom. The molecular weight excluding hydrogens is 272 g/mol. The van der Waals surface area contributed by atoms with Crippen LogP contribution in [0.4, 0.5) is 5.69 Å². The zero-order chi connectivity index (χ0) is 14.5. The molecule has 0 aliphatic rings. The number of benzene rings is 1. The zero-order valence-corrected chi connectivity index (χ0v) is 12.7. The lowest BCUT2D eigenvalue weighted by molar-refractivity contribution is -0.113. The summed E-state index contributed by atoms with van der Waals surface area (Å²) in [6.45, 7) is 6.84. The lowest BCUT2D eigenvalue weighted by atomic mass is 10.1. The van der Waals surface area contributed by atoms with Crippen LogP contribution in [0.2, 0.25) is 0 Å². The van der Waals surface area contributed by atoms with Crippen LogP contribution in [-0.4, -0.2) is 26.4 Å². The van der Waals surface area contributed by atoms with Crippen LogP contribution in [-0.2, 0) is 11.3 Å². The number of amides is 1. The molecule has 0 saturated heterocycles. The quantitative estimate of drug-likeness (QED) is 0.860. The second-order valence-electron chi connectivity index (χ2n) is 4.55. The standard InChI is InChI=1S/C14H18N4OS/c1-4-18-9-15-17-14(18)20-8-13(19)16-12-6-5-10(2)7-11(12)3/h5-7,9H,4,8H2,1-3H3,(H,16,19). The molecule has 1 amide bonds. The van der Waals surface area contributed by atoms with Crippen LogP contribution >= 0.6 is 11.8 Å². The summed E-state index contributed by atoms with van der Waals surface area (Å²) < 4.78 is 1.91. The van der Waals surface area contributed by atoms with E-state index < -0.39 is 0 Å². The first-order chi connectivity index (χ1) is 9.60. The second kappa shape index (κ2) is 6.56. The molecule has 1 aromatic heterocycles. The SMILES string of the molecule is CCn1cnnc1SCC(=O)Nc1ccc(C)cc1C. The number of anilines is 1. The van der Waals surface area contributed by atoms with Crippen LogP contribution in [0.25, 0.3) is 0 Å². The fraction of sp³-hybridized carbons (Fsp3) is 0.357. The van der Waals surface area contributed by atoms with Gasteiger partial charge in [0.05, 0.1) is 5.75 Å². The Balaban J connectivity index is 1.93. The van der Waals surface area contributed by atoms with Crippen LogP contribution in [0.15, 0.2) is 29.7 Å². The molecule has 0 atom stereocenters. The zero-order valence-electron chi connectivity index (χ0n) is 11.9. The van der Waals surface area contributed by atoms with Crippen molar-refractivity contribution in [3.63, 3.8) is 0 Å². The van der Waals surface area contributed by atoms with Crippen LogP contribution in [0.1, 0.15) is 18.1 Å². The molecule has 5 nitrogen and oxygen atoms in total. The van der Waals surface area contributed by atoms with Crippen LogP contribution in [0.5, 0.6) is 0 Å². The number of aryl methyl sites for hydroxylation is 3. The second-order valence-corrected chi connectivity index (χ2v) is 5.50. The fourth-order valence-corrected chi connectivity index (χ4v) is 2.62. The van der Waals surface area contributed by atoms with Crippen LogP contribution in [0.3, 0.4) is 0 Å². The first kappa shape index (κ1) is 14.6. The summed E-state index contributed by atoms with van der Waals surface area (Å²) in [7, 11) is 0. The molecule has 0 saturated carbocycles. The molecule has 106 valence electrons.